The van der Waals surface area contributed by atoms with Crippen molar-refractivity contribution < 1.29 is 9.53 Å². The van der Waals surface area contributed by atoms with Gasteiger partial charge in [-0.25, -0.2) is 4.98 Å². The Morgan fingerprint density at radius 1 is 1.08 bits per heavy atom. The number of hydrogen-bond donors (Lipinski definition) is 1. The molecule has 26 heavy (non-hydrogen) atoms. The summed E-state index contributed by atoms with van der Waals surface area (Å²) in [6, 6.07) is 17.5. The zero-order valence-corrected chi connectivity index (χ0v) is 14.6. The topological polar surface area (TPSA) is 64.1 Å². The number of hydrogen-bond acceptors (Lipinski definition) is 5. The predicted octanol–water partition coefficient (Wildman–Crippen LogP) is 4.38. The van der Waals surface area contributed by atoms with E-state index in [2.05, 4.69) is 15.3 Å². The summed E-state index contributed by atoms with van der Waals surface area (Å²) in [5.74, 6) is 0.416. The van der Waals surface area contributed by atoms with Gasteiger partial charge in [-0.15, -0.1) is 11.3 Å². The lowest BCUT2D eigenvalue weighted by Crippen LogP contribution is -2.20. The highest BCUT2D eigenvalue weighted by Gasteiger charge is 2.09. The molecule has 6 heteroatoms. The third-order valence-electron chi connectivity index (χ3n) is 3.80. The Labute approximate surface area is 154 Å². The van der Waals surface area contributed by atoms with E-state index in [-0.39, 0.29) is 12.5 Å². The lowest BCUT2D eigenvalue weighted by atomic mass is 10.1. The van der Waals surface area contributed by atoms with Crippen LogP contribution in [0.4, 0.5) is 5.13 Å². The van der Waals surface area contributed by atoms with E-state index in [0.29, 0.717) is 10.9 Å². The number of thiazole rings is 1. The second-order valence-corrected chi connectivity index (χ2v) is 6.48. The molecule has 2 heterocycles. The molecule has 128 valence electrons. The SMILES string of the molecule is O=C(COc1ccc2ccccc2c1)Nc1nc(-c2cccnc2)cs1. The maximum Gasteiger partial charge on any atom is 0.264 e. The van der Waals surface area contributed by atoms with Crippen molar-refractivity contribution in [1.29, 1.82) is 0 Å². The molecular formula is C20H15N3O2S. The smallest absolute Gasteiger partial charge is 0.264 e. The Kier molecular flexibility index (Phi) is 4.57. The van der Waals surface area contributed by atoms with Crippen LogP contribution in [0.1, 0.15) is 0 Å². The Bertz CT molecular complexity index is 1050. The van der Waals surface area contributed by atoms with Gasteiger partial charge in [-0.05, 0) is 35.0 Å². The molecule has 0 aliphatic carbocycles. The van der Waals surface area contributed by atoms with E-state index in [1.54, 1.807) is 12.4 Å². The molecule has 2 aromatic carbocycles. The van der Waals surface area contributed by atoms with E-state index < -0.39 is 0 Å². The molecular weight excluding hydrogens is 346 g/mol. The van der Waals surface area contributed by atoms with Crippen molar-refractivity contribution in [3.05, 3.63) is 72.4 Å². The van der Waals surface area contributed by atoms with Crippen molar-refractivity contribution in [2.24, 2.45) is 0 Å². The number of ether oxygens (including phenoxy) is 1. The third kappa shape index (κ3) is 3.70. The Balaban J connectivity index is 1.37. The van der Waals surface area contributed by atoms with Crippen LogP contribution in [-0.4, -0.2) is 22.5 Å². The fourth-order valence-corrected chi connectivity index (χ4v) is 3.28. The molecule has 0 bridgehead atoms. The zero-order chi connectivity index (χ0) is 17.8. The minimum absolute atomic E-state index is 0.0693. The highest BCUT2D eigenvalue weighted by Crippen LogP contribution is 2.24. The van der Waals surface area contributed by atoms with Gasteiger partial charge in [0.05, 0.1) is 5.69 Å². The average molecular weight is 361 g/mol. The lowest BCUT2D eigenvalue weighted by molar-refractivity contribution is -0.118. The van der Waals surface area contributed by atoms with Crippen molar-refractivity contribution in [3.63, 3.8) is 0 Å². The first-order valence-corrected chi connectivity index (χ1v) is 8.93. The molecule has 1 amide bonds. The molecule has 5 nitrogen and oxygen atoms in total. The maximum atomic E-state index is 12.1. The molecule has 0 aliphatic rings. The van der Waals surface area contributed by atoms with E-state index in [9.17, 15) is 4.79 Å². The summed E-state index contributed by atoms with van der Waals surface area (Å²) in [5.41, 5.74) is 1.70. The molecule has 0 radical (unpaired) electrons. The van der Waals surface area contributed by atoms with Crippen molar-refractivity contribution >= 4 is 33.1 Å². The molecule has 2 aromatic heterocycles. The predicted molar refractivity (Wildman–Crippen MR) is 103 cm³/mol. The molecule has 0 unspecified atom stereocenters. The van der Waals surface area contributed by atoms with Gasteiger partial charge in [-0.1, -0.05) is 30.3 Å². The van der Waals surface area contributed by atoms with Gasteiger partial charge in [0.2, 0.25) is 0 Å². The number of amides is 1. The van der Waals surface area contributed by atoms with Crippen LogP contribution in [0.15, 0.2) is 72.4 Å². The Morgan fingerprint density at radius 2 is 1.96 bits per heavy atom. The second-order valence-electron chi connectivity index (χ2n) is 5.63. The quantitative estimate of drug-likeness (QED) is 0.573. The third-order valence-corrected chi connectivity index (χ3v) is 4.56. The Morgan fingerprint density at radius 3 is 2.81 bits per heavy atom. The summed E-state index contributed by atoms with van der Waals surface area (Å²) in [6.45, 7) is -0.0693. The summed E-state index contributed by atoms with van der Waals surface area (Å²) in [5, 5.41) is 7.40. The molecule has 4 aromatic rings. The van der Waals surface area contributed by atoms with Crippen LogP contribution in [0, 0.1) is 0 Å². The van der Waals surface area contributed by atoms with E-state index >= 15 is 0 Å². The van der Waals surface area contributed by atoms with Crippen LogP contribution < -0.4 is 10.1 Å². The number of benzene rings is 2. The molecule has 4 rings (SSSR count). The summed E-state index contributed by atoms with van der Waals surface area (Å²) < 4.78 is 5.59. The molecule has 0 saturated heterocycles. The molecule has 0 aliphatic heterocycles. The molecule has 1 N–H and O–H groups in total. The van der Waals surface area contributed by atoms with E-state index in [1.807, 2.05) is 60.0 Å². The monoisotopic (exact) mass is 361 g/mol. The number of carbonyl (C=O) groups is 1. The number of rotatable bonds is 5. The van der Waals surface area contributed by atoms with Crippen LogP contribution in [-0.2, 0) is 4.79 Å². The van der Waals surface area contributed by atoms with E-state index in [0.717, 1.165) is 22.0 Å². The van der Waals surface area contributed by atoms with Crippen LogP contribution in [0.5, 0.6) is 5.75 Å². The summed E-state index contributed by atoms with van der Waals surface area (Å²) >= 11 is 1.37. The fraction of sp³-hybridized carbons (Fsp3) is 0.0500. The number of anilines is 1. The molecule has 0 saturated carbocycles. The summed E-state index contributed by atoms with van der Waals surface area (Å²) in [4.78, 5) is 20.6. The van der Waals surface area contributed by atoms with Crippen molar-refractivity contribution in [2.75, 3.05) is 11.9 Å². The van der Waals surface area contributed by atoms with Gasteiger partial charge in [0, 0.05) is 23.3 Å². The number of nitrogens with one attached hydrogen (secondary N) is 1. The van der Waals surface area contributed by atoms with Crippen LogP contribution >= 0.6 is 11.3 Å². The van der Waals surface area contributed by atoms with Gasteiger partial charge in [0.1, 0.15) is 5.75 Å². The fourth-order valence-electron chi connectivity index (χ4n) is 2.54. The van der Waals surface area contributed by atoms with Crippen LogP contribution in [0.2, 0.25) is 0 Å². The highest BCUT2D eigenvalue weighted by atomic mass is 32.1. The van der Waals surface area contributed by atoms with Gasteiger partial charge in [-0.2, -0.15) is 0 Å². The van der Waals surface area contributed by atoms with Gasteiger partial charge in [0.15, 0.2) is 11.7 Å². The second kappa shape index (κ2) is 7.33. The summed E-state index contributed by atoms with van der Waals surface area (Å²) in [7, 11) is 0. The van der Waals surface area contributed by atoms with Crippen molar-refractivity contribution in [3.8, 4) is 17.0 Å². The van der Waals surface area contributed by atoms with Gasteiger partial charge < -0.3 is 4.74 Å². The average Bonchev–Trinajstić information content (AvgIpc) is 3.15. The van der Waals surface area contributed by atoms with E-state index in [4.69, 9.17) is 4.74 Å². The van der Waals surface area contributed by atoms with Gasteiger partial charge in [-0.3, -0.25) is 15.1 Å². The maximum absolute atomic E-state index is 12.1. The number of fused-ring (bicyclic) bond motifs is 1. The standard InChI is InChI=1S/C20H15N3O2S/c24-19(12-25-17-8-7-14-4-1-2-5-15(14)10-17)23-20-22-18(13-26-20)16-6-3-9-21-11-16/h1-11,13H,12H2,(H,22,23,24). The molecule has 0 atom stereocenters. The van der Waals surface area contributed by atoms with Gasteiger partial charge in [0.25, 0.3) is 5.91 Å². The summed E-state index contributed by atoms with van der Waals surface area (Å²) in [6.07, 6.45) is 3.45. The Hall–Kier alpha value is -3.25. The minimum Gasteiger partial charge on any atom is -0.484 e. The van der Waals surface area contributed by atoms with Crippen LogP contribution in [0.3, 0.4) is 0 Å². The van der Waals surface area contributed by atoms with Crippen molar-refractivity contribution in [2.45, 2.75) is 0 Å². The number of nitrogens with zero attached hydrogens (tertiary/aromatic N) is 2. The zero-order valence-electron chi connectivity index (χ0n) is 13.8. The van der Waals surface area contributed by atoms with Crippen LogP contribution in [0.25, 0.3) is 22.0 Å². The molecule has 0 spiro atoms. The largest absolute Gasteiger partial charge is 0.484 e. The number of pyridine rings is 1. The number of carbonyl (C=O) groups excluding carboxylic acids is 1. The minimum atomic E-state index is -0.245. The van der Waals surface area contributed by atoms with Gasteiger partial charge >= 0.3 is 0 Å². The van der Waals surface area contributed by atoms with Crippen molar-refractivity contribution in [1.82, 2.24) is 9.97 Å². The first-order valence-electron chi connectivity index (χ1n) is 8.05. The first kappa shape index (κ1) is 16.2. The normalized spacial score (nSPS) is 10.6. The molecule has 0 fully saturated rings. The lowest BCUT2D eigenvalue weighted by Gasteiger charge is -2.07. The highest BCUT2D eigenvalue weighted by molar-refractivity contribution is 7.14. The van der Waals surface area contributed by atoms with E-state index in [1.165, 1.54) is 11.3 Å². The number of aromatic nitrogens is 2. The first-order chi connectivity index (χ1) is 12.8.